The Morgan fingerprint density at radius 1 is 1.30 bits per heavy atom. The van der Waals surface area contributed by atoms with Crippen LogP contribution in [0.1, 0.15) is 41.6 Å². The van der Waals surface area contributed by atoms with Gasteiger partial charge in [0.15, 0.2) is 0 Å². The number of carbonyl (C=O) groups excluding carboxylic acids is 1. The zero-order valence-corrected chi connectivity index (χ0v) is 17.4. The molecule has 10 heteroatoms. The van der Waals surface area contributed by atoms with Gasteiger partial charge in [-0.05, 0) is 31.9 Å². The third kappa shape index (κ3) is 5.74. The van der Waals surface area contributed by atoms with Crippen LogP contribution in [-0.2, 0) is 10.0 Å². The van der Waals surface area contributed by atoms with Crippen molar-refractivity contribution < 1.29 is 13.2 Å². The molecular weight excluding hydrogens is 404 g/mol. The van der Waals surface area contributed by atoms with E-state index in [0.717, 1.165) is 22.7 Å². The lowest BCUT2D eigenvalue weighted by Gasteiger charge is -2.08. The van der Waals surface area contributed by atoms with Crippen LogP contribution in [0.2, 0.25) is 0 Å². The molecule has 1 aliphatic rings. The highest BCUT2D eigenvalue weighted by Crippen LogP contribution is 2.29. The third-order valence-electron chi connectivity index (χ3n) is 4.19. The van der Waals surface area contributed by atoms with Gasteiger partial charge in [0.05, 0.1) is 0 Å². The van der Waals surface area contributed by atoms with Crippen molar-refractivity contribution in [2.45, 2.75) is 42.2 Å². The number of hydrogen-bond acceptors (Lipinski definition) is 7. The highest BCUT2D eigenvalue weighted by Gasteiger charge is 2.21. The van der Waals surface area contributed by atoms with Gasteiger partial charge in [-0.25, -0.2) is 13.1 Å². The van der Waals surface area contributed by atoms with E-state index in [9.17, 15) is 13.2 Å². The average molecular weight is 427 g/mol. The largest absolute Gasteiger partial charge is 0.296 e. The minimum Gasteiger partial charge on any atom is -0.296 e. The molecule has 2 N–H and O–H groups in total. The van der Waals surface area contributed by atoms with E-state index in [1.807, 2.05) is 24.8 Å². The molecule has 0 atom stereocenters. The van der Waals surface area contributed by atoms with Crippen molar-refractivity contribution in [1.29, 1.82) is 0 Å². The van der Waals surface area contributed by atoms with Crippen LogP contribution >= 0.6 is 23.1 Å². The van der Waals surface area contributed by atoms with Crippen molar-refractivity contribution in [3.8, 4) is 0 Å². The molecule has 1 amide bonds. The van der Waals surface area contributed by atoms with Crippen molar-refractivity contribution in [3.63, 3.8) is 0 Å². The van der Waals surface area contributed by atoms with Gasteiger partial charge < -0.3 is 0 Å². The Labute approximate surface area is 167 Å². The molecular formula is C17H22N4O3S3. The normalized spacial score (nSPS) is 15.1. The summed E-state index contributed by atoms with van der Waals surface area (Å²) in [5.41, 5.74) is 1.44. The molecule has 0 unspecified atom stereocenters. The molecule has 1 aromatic carbocycles. The highest BCUT2D eigenvalue weighted by molar-refractivity contribution is 8.00. The van der Waals surface area contributed by atoms with Crippen molar-refractivity contribution in [3.05, 3.63) is 35.4 Å². The molecule has 0 radical (unpaired) electrons. The quantitative estimate of drug-likeness (QED) is 0.497. The van der Waals surface area contributed by atoms with Crippen LogP contribution in [-0.4, -0.2) is 42.1 Å². The van der Waals surface area contributed by atoms with Gasteiger partial charge in [0.1, 0.15) is 0 Å². The lowest BCUT2D eigenvalue weighted by Crippen LogP contribution is -2.26. The number of nitrogens with zero attached hydrogens (tertiary/aromatic N) is 2. The van der Waals surface area contributed by atoms with Crippen LogP contribution < -0.4 is 10.0 Å². The highest BCUT2D eigenvalue weighted by atomic mass is 32.2. The summed E-state index contributed by atoms with van der Waals surface area (Å²) < 4.78 is 27.0. The molecule has 27 heavy (non-hydrogen) atoms. The predicted octanol–water partition coefficient (Wildman–Crippen LogP) is 3.05. The molecule has 3 rings (SSSR count). The number of rotatable bonds is 8. The van der Waals surface area contributed by atoms with E-state index in [4.69, 9.17) is 0 Å². The van der Waals surface area contributed by atoms with Crippen molar-refractivity contribution in [1.82, 2.24) is 14.9 Å². The number of sulfonamides is 1. The second kappa shape index (κ2) is 9.13. The second-order valence-corrected chi connectivity index (χ2v) is 10.7. The lowest BCUT2D eigenvalue weighted by molar-refractivity contribution is 0.102. The molecule has 0 spiro atoms. The summed E-state index contributed by atoms with van der Waals surface area (Å²) in [5, 5.41) is 10.9. The summed E-state index contributed by atoms with van der Waals surface area (Å²) >= 11 is 2.65. The standard InChI is InChI=1S/C17H22N4O3S3/c1-12-5-4-6-13(11-12)15(22)19-16-20-21-17(26-16)27(23,24)18-9-10-25-14-7-2-3-8-14/h4-6,11,14,18H,2-3,7-10H2,1H3,(H,19,20,22). The molecule has 1 saturated carbocycles. The fourth-order valence-electron chi connectivity index (χ4n) is 2.84. The van der Waals surface area contributed by atoms with Gasteiger partial charge in [-0.1, -0.05) is 41.9 Å². The second-order valence-electron chi connectivity index (χ2n) is 6.37. The first-order valence-electron chi connectivity index (χ1n) is 8.77. The Morgan fingerprint density at radius 2 is 2.07 bits per heavy atom. The number of amides is 1. The van der Waals surface area contributed by atoms with Gasteiger partial charge in [-0.2, -0.15) is 11.8 Å². The number of aryl methyl sites for hydroxylation is 1. The molecule has 1 aromatic heterocycles. The van der Waals surface area contributed by atoms with Crippen LogP contribution in [0, 0.1) is 6.92 Å². The molecule has 0 bridgehead atoms. The molecule has 1 heterocycles. The number of nitrogens with one attached hydrogen (secondary N) is 2. The molecule has 7 nitrogen and oxygen atoms in total. The zero-order valence-electron chi connectivity index (χ0n) is 15.0. The van der Waals surface area contributed by atoms with Crippen LogP contribution in [0.15, 0.2) is 28.6 Å². The van der Waals surface area contributed by atoms with Gasteiger partial charge in [-0.3, -0.25) is 10.1 Å². The van der Waals surface area contributed by atoms with Gasteiger partial charge >= 0.3 is 0 Å². The summed E-state index contributed by atoms with van der Waals surface area (Å²) in [6.07, 6.45) is 4.98. The molecule has 2 aromatic rings. The number of aromatic nitrogens is 2. The summed E-state index contributed by atoms with van der Waals surface area (Å²) in [7, 11) is -3.71. The predicted molar refractivity (Wildman–Crippen MR) is 109 cm³/mol. The van der Waals surface area contributed by atoms with Crippen LogP contribution in [0.3, 0.4) is 0 Å². The average Bonchev–Trinajstić information content (AvgIpc) is 3.31. The van der Waals surface area contributed by atoms with Gasteiger partial charge in [0.25, 0.3) is 15.9 Å². The first-order valence-corrected chi connectivity index (χ1v) is 12.1. The fraction of sp³-hybridized carbons (Fsp3) is 0.471. The van der Waals surface area contributed by atoms with E-state index >= 15 is 0 Å². The molecule has 1 aliphatic carbocycles. The van der Waals surface area contributed by atoms with Crippen molar-refractivity contribution in [2.24, 2.45) is 0 Å². The number of carbonyl (C=O) groups is 1. The maximum absolute atomic E-state index is 12.3. The molecule has 146 valence electrons. The van der Waals surface area contributed by atoms with E-state index in [-0.39, 0.29) is 15.4 Å². The Bertz CT molecular complexity index is 892. The summed E-state index contributed by atoms with van der Waals surface area (Å²) in [6.45, 7) is 2.25. The topological polar surface area (TPSA) is 101 Å². The summed E-state index contributed by atoms with van der Waals surface area (Å²) in [6, 6.07) is 7.11. The van der Waals surface area contributed by atoms with E-state index in [2.05, 4.69) is 20.2 Å². The van der Waals surface area contributed by atoms with Crippen LogP contribution in [0.25, 0.3) is 0 Å². The van der Waals surface area contributed by atoms with Gasteiger partial charge in [0.2, 0.25) is 9.47 Å². The van der Waals surface area contributed by atoms with E-state index < -0.39 is 10.0 Å². The first kappa shape index (κ1) is 20.2. The molecule has 0 aliphatic heterocycles. The van der Waals surface area contributed by atoms with Crippen molar-refractivity contribution in [2.75, 3.05) is 17.6 Å². The Balaban J connectivity index is 1.53. The maximum Gasteiger partial charge on any atom is 0.269 e. The monoisotopic (exact) mass is 426 g/mol. The number of thioether (sulfide) groups is 1. The minimum absolute atomic E-state index is 0.145. The summed E-state index contributed by atoms with van der Waals surface area (Å²) in [4.78, 5) is 12.2. The Hall–Kier alpha value is -1.49. The van der Waals surface area contributed by atoms with E-state index in [1.165, 1.54) is 25.7 Å². The zero-order chi connectivity index (χ0) is 19.3. The third-order valence-corrected chi connectivity index (χ3v) is 8.24. The van der Waals surface area contributed by atoms with Gasteiger partial charge in [0, 0.05) is 23.1 Å². The van der Waals surface area contributed by atoms with Crippen LogP contribution in [0.4, 0.5) is 5.13 Å². The lowest BCUT2D eigenvalue weighted by atomic mass is 10.1. The minimum atomic E-state index is -3.71. The van der Waals surface area contributed by atoms with Crippen LogP contribution in [0.5, 0.6) is 0 Å². The van der Waals surface area contributed by atoms with E-state index in [1.54, 1.807) is 18.2 Å². The SMILES string of the molecule is Cc1cccc(C(=O)Nc2nnc(S(=O)(=O)NCCSC3CCCC3)s2)c1. The molecule has 0 saturated heterocycles. The Kier molecular flexibility index (Phi) is 6.85. The summed E-state index contributed by atoms with van der Waals surface area (Å²) in [5.74, 6) is 0.388. The first-order chi connectivity index (χ1) is 12.9. The fourth-order valence-corrected chi connectivity index (χ4v) is 6.16. The van der Waals surface area contributed by atoms with E-state index in [0.29, 0.717) is 17.4 Å². The molecule has 1 fully saturated rings. The number of benzene rings is 1. The number of anilines is 1. The maximum atomic E-state index is 12.3. The Morgan fingerprint density at radius 3 is 2.81 bits per heavy atom. The van der Waals surface area contributed by atoms with Gasteiger partial charge in [-0.15, -0.1) is 10.2 Å². The van der Waals surface area contributed by atoms with Crippen molar-refractivity contribution >= 4 is 44.2 Å². The smallest absolute Gasteiger partial charge is 0.269 e. The number of hydrogen-bond donors (Lipinski definition) is 2.